The maximum Gasteiger partial charge on any atom is 0.261 e. The first-order valence-corrected chi connectivity index (χ1v) is 4.35. The summed E-state index contributed by atoms with van der Waals surface area (Å²) in [4.78, 5) is 0. The van der Waals surface area contributed by atoms with E-state index >= 15 is 0 Å². The number of ether oxygens (including phenoxy) is 1. The van der Waals surface area contributed by atoms with Crippen molar-refractivity contribution < 1.29 is 13.5 Å². The van der Waals surface area contributed by atoms with Crippen LogP contribution in [0.3, 0.4) is 0 Å². The third kappa shape index (κ3) is 3.03. The summed E-state index contributed by atoms with van der Waals surface area (Å²) in [7, 11) is 0. The normalized spacial score (nSPS) is 29.0. The summed E-state index contributed by atoms with van der Waals surface area (Å²) in [6, 6.07) is 0.484. The van der Waals surface area contributed by atoms with Gasteiger partial charge in [-0.15, -0.1) is 0 Å². The van der Waals surface area contributed by atoms with Gasteiger partial charge in [0.05, 0.1) is 6.10 Å². The molecule has 1 fully saturated rings. The minimum atomic E-state index is -2.33. The van der Waals surface area contributed by atoms with Gasteiger partial charge in [0.2, 0.25) is 0 Å². The van der Waals surface area contributed by atoms with Gasteiger partial charge in [-0.3, -0.25) is 0 Å². The monoisotopic (exact) mass is 179 g/mol. The molecule has 0 radical (unpaired) electrons. The summed E-state index contributed by atoms with van der Waals surface area (Å²) in [5, 5.41) is 3.23. The van der Waals surface area contributed by atoms with Crippen molar-refractivity contribution in [3.8, 4) is 0 Å². The van der Waals surface area contributed by atoms with Gasteiger partial charge in [-0.1, -0.05) is 6.92 Å². The van der Waals surface area contributed by atoms with Crippen LogP contribution in [0.5, 0.6) is 0 Å². The molecule has 1 aliphatic rings. The van der Waals surface area contributed by atoms with Crippen LogP contribution in [0.15, 0.2) is 0 Å². The predicted molar refractivity (Wildman–Crippen MR) is 42.4 cm³/mol. The van der Waals surface area contributed by atoms with Gasteiger partial charge in [0.25, 0.3) is 6.43 Å². The summed E-state index contributed by atoms with van der Waals surface area (Å²) in [5.41, 5.74) is 0. The molecule has 1 rings (SSSR count). The zero-order valence-corrected chi connectivity index (χ0v) is 7.22. The molecule has 0 aromatic rings. The van der Waals surface area contributed by atoms with Crippen LogP contribution in [-0.4, -0.2) is 31.7 Å². The van der Waals surface area contributed by atoms with Gasteiger partial charge in [0.1, 0.15) is 6.61 Å². The zero-order chi connectivity index (χ0) is 8.97. The Labute approximate surface area is 71.3 Å². The molecule has 0 saturated heterocycles. The molecule has 1 N–H and O–H groups in total. The maximum atomic E-state index is 11.7. The lowest BCUT2D eigenvalue weighted by atomic mass is 9.89. The highest BCUT2D eigenvalue weighted by Crippen LogP contribution is 2.23. The van der Waals surface area contributed by atoms with E-state index in [0.717, 1.165) is 19.4 Å². The van der Waals surface area contributed by atoms with Crippen molar-refractivity contribution in [1.29, 1.82) is 0 Å². The van der Waals surface area contributed by atoms with Crippen molar-refractivity contribution in [2.24, 2.45) is 0 Å². The van der Waals surface area contributed by atoms with E-state index in [9.17, 15) is 8.78 Å². The molecule has 12 heavy (non-hydrogen) atoms. The molecule has 2 nitrogen and oxygen atoms in total. The van der Waals surface area contributed by atoms with Crippen molar-refractivity contribution in [2.75, 3.05) is 13.2 Å². The van der Waals surface area contributed by atoms with Gasteiger partial charge >= 0.3 is 0 Å². The van der Waals surface area contributed by atoms with E-state index in [2.05, 4.69) is 5.32 Å². The van der Waals surface area contributed by atoms with E-state index in [1.165, 1.54) is 0 Å². The fourth-order valence-electron chi connectivity index (χ4n) is 1.37. The average Bonchev–Trinajstić information content (AvgIpc) is 1.93. The molecule has 0 bridgehead atoms. The molecule has 1 aliphatic carbocycles. The minimum Gasteiger partial charge on any atom is -0.372 e. The average molecular weight is 179 g/mol. The molecule has 0 spiro atoms. The lowest BCUT2D eigenvalue weighted by molar-refractivity contribution is -0.0638. The first kappa shape index (κ1) is 9.86. The third-order valence-electron chi connectivity index (χ3n) is 2.05. The Kier molecular flexibility index (Phi) is 3.88. The van der Waals surface area contributed by atoms with E-state index < -0.39 is 13.0 Å². The lowest BCUT2D eigenvalue weighted by Crippen LogP contribution is -2.45. The van der Waals surface area contributed by atoms with E-state index in [-0.39, 0.29) is 6.10 Å². The SMILES string of the molecule is CCNC1CC(OCC(F)F)C1. The maximum absolute atomic E-state index is 11.7. The molecule has 0 unspecified atom stereocenters. The molecule has 0 aliphatic heterocycles. The first-order valence-electron chi connectivity index (χ1n) is 4.35. The van der Waals surface area contributed by atoms with Crippen molar-refractivity contribution in [1.82, 2.24) is 5.32 Å². The van der Waals surface area contributed by atoms with Gasteiger partial charge in [-0.25, -0.2) is 8.78 Å². The molecular formula is C8H15F2NO. The fourth-order valence-corrected chi connectivity index (χ4v) is 1.37. The second-order valence-electron chi connectivity index (χ2n) is 3.07. The smallest absolute Gasteiger partial charge is 0.261 e. The number of hydrogen-bond acceptors (Lipinski definition) is 2. The summed E-state index contributed by atoms with van der Waals surface area (Å²) in [6.45, 7) is 2.56. The number of rotatable bonds is 5. The Hall–Kier alpha value is -0.220. The number of hydrogen-bond donors (Lipinski definition) is 1. The second-order valence-corrected chi connectivity index (χ2v) is 3.07. The van der Waals surface area contributed by atoms with Crippen LogP contribution in [0.1, 0.15) is 19.8 Å². The highest BCUT2D eigenvalue weighted by Gasteiger charge is 2.29. The standard InChI is InChI=1S/C8H15F2NO/c1-2-11-6-3-7(4-6)12-5-8(9)10/h6-8,11H,2-5H2,1H3. The fraction of sp³-hybridized carbons (Fsp3) is 1.00. The van der Waals surface area contributed by atoms with Crippen molar-refractivity contribution >= 4 is 0 Å². The number of halogens is 2. The molecule has 0 aromatic heterocycles. The van der Waals surface area contributed by atoms with Gasteiger partial charge in [0.15, 0.2) is 0 Å². The highest BCUT2D eigenvalue weighted by molar-refractivity contribution is 4.85. The third-order valence-corrected chi connectivity index (χ3v) is 2.05. The van der Waals surface area contributed by atoms with Crippen molar-refractivity contribution in [2.45, 2.75) is 38.3 Å². The Bertz CT molecular complexity index is 126. The molecule has 0 heterocycles. The Morgan fingerprint density at radius 3 is 2.67 bits per heavy atom. The van der Waals surface area contributed by atoms with Crippen LogP contribution in [0, 0.1) is 0 Å². The van der Waals surface area contributed by atoms with Crippen LogP contribution in [0.25, 0.3) is 0 Å². The van der Waals surface area contributed by atoms with E-state index in [0.29, 0.717) is 6.04 Å². The summed E-state index contributed by atoms with van der Waals surface area (Å²) in [6.07, 6.45) is -0.521. The van der Waals surface area contributed by atoms with Gasteiger partial charge in [-0.05, 0) is 19.4 Å². The summed E-state index contributed by atoms with van der Waals surface area (Å²) in [5.74, 6) is 0. The molecule has 0 atom stereocenters. The predicted octanol–water partition coefficient (Wildman–Crippen LogP) is 1.41. The zero-order valence-electron chi connectivity index (χ0n) is 7.22. The van der Waals surface area contributed by atoms with E-state index in [1.807, 2.05) is 6.92 Å². The van der Waals surface area contributed by atoms with Crippen LogP contribution < -0.4 is 5.32 Å². The largest absolute Gasteiger partial charge is 0.372 e. The molecule has 72 valence electrons. The van der Waals surface area contributed by atoms with E-state index in [4.69, 9.17) is 4.74 Å². The number of nitrogens with one attached hydrogen (secondary N) is 1. The quantitative estimate of drug-likeness (QED) is 0.689. The van der Waals surface area contributed by atoms with Crippen LogP contribution in [0.2, 0.25) is 0 Å². The van der Waals surface area contributed by atoms with Crippen LogP contribution in [-0.2, 0) is 4.74 Å². The molecule has 0 amide bonds. The molecule has 1 saturated carbocycles. The lowest BCUT2D eigenvalue weighted by Gasteiger charge is -2.35. The Balaban J connectivity index is 1.95. The molecule has 0 aromatic carbocycles. The Morgan fingerprint density at radius 2 is 2.17 bits per heavy atom. The molecule has 4 heteroatoms. The molecular weight excluding hydrogens is 164 g/mol. The highest BCUT2D eigenvalue weighted by atomic mass is 19.3. The van der Waals surface area contributed by atoms with Crippen molar-refractivity contribution in [3.63, 3.8) is 0 Å². The first-order chi connectivity index (χ1) is 5.72. The summed E-state index contributed by atoms with van der Waals surface area (Å²) >= 11 is 0. The van der Waals surface area contributed by atoms with Gasteiger partial charge in [-0.2, -0.15) is 0 Å². The number of alkyl halides is 2. The van der Waals surface area contributed by atoms with Gasteiger partial charge < -0.3 is 10.1 Å². The van der Waals surface area contributed by atoms with E-state index in [1.54, 1.807) is 0 Å². The van der Waals surface area contributed by atoms with Crippen molar-refractivity contribution in [3.05, 3.63) is 0 Å². The minimum absolute atomic E-state index is 0.0584. The van der Waals surface area contributed by atoms with Crippen LogP contribution >= 0.6 is 0 Å². The van der Waals surface area contributed by atoms with Gasteiger partial charge in [0, 0.05) is 6.04 Å². The van der Waals surface area contributed by atoms with Crippen LogP contribution in [0.4, 0.5) is 8.78 Å². The topological polar surface area (TPSA) is 21.3 Å². The second kappa shape index (κ2) is 4.72. The summed E-state index contributed by atoms with van der Waals surface area (Å²) < 4.78 is 28.2. The Morgan fingerprint density at radius 1 is 1.50 bits per heavy atom.